The molecule has 2 rings (SSSR count). The number of hydrogen-bond acceptors (Lipinski definition) is 4. The first-order valence-corrected chi connectivity index (χ1v) is 6.62. The fourth-order valence-electron chi connectivity index (χ4n) is 1.74. The van der Waals surface area contributed by atoms with Crippen LogP contribution in [0.1, 0.15) is 15.2 Å². The van der Waals surface area contributed by atoms with Gasteiger partial charge in [0, 0.05) is 6.54 Å². The van der Waals surface area contributed by atoms with Gasteiger partial charge in [-0.2, -0.15) is 0 Å². The lowest BCUT2D eigenvalue weighted by atomic mass is 10.2. The molecule has 1 saturated heterocycles. The van der Waals surface area contributed by atoms with E-state index in [-0.39, 0.29) is 12.0 Å². The molecule has 0 spiro atoms. The molecule has 0 radical (unpaired) electrons. The Kier molecular flexibility index (Phi) is 3.76. The van der Waals surface area contributed by atoms with Crippen molar-refractivity contribution in [1.82, 2.24) is 4.90 Å². The minimum absolute atomic E-state index is 0.0436. The summed E-state index contributed by atoms with van der Waals surface area (Å²) in [6.07, 6.45) is -0.317. The van der Waals surface area contributed by atoms with Crippen molar-refractivity contribution in [2.75, 3.05) is 19.7 Å². The monoisotopic (exact) mass is 270 g/mol. The van der Waals surface area contributed by atoms with Crippen LogP contribution in [0.25, 0.3) is 0 Å². The highest BCUT2D eigenvalue weighted by molar-refractivity contribution is 7.80. The van der Waals surface area contributed by atoms with Gasteiger partial charge in [-0.15, -0.1) is 11.3 Å². The number of aryl methyl sites for hydroxylation is 1. The van der Waals surface area contributed by atoms with E-state index in [4.69, 9.17) is 22.7 Å². The molecule has 2 heterocycles. The van der Waals surface area contributed by atoms with E-state index in [2.05, 4.69) is 0 Å². The van der Waals surface area contributed by atoms with E-state index in [1.165, 1.54) is 11.3 Å². The number of hydrogen-bond donors (Lipinski definition) is 1. The largest absolute Gasteiger partial charge is 0.391 e. The lowest BCUT2D eigenvalue weighted by Crippen LogP contribution is -2.49. The number of ether oxygens (including phenoxy) is 1. The van der Waals surface area contributed by atoms with E-state index in [9.17, 15) is 4.79 Å². The maximum absolute atomic E-state index is 12.2. The van der Waals surface area contributed by atoms with Crippen LogP contribution in [0.4, 0.5) is 0 Å². The van der Waals surface area contributed by atoms with Gasteiger partial charge in [-0.1, -0.05) is 12.2 Å². The molecule has 1 aliphatic rings. The van der Waals surface area contributed by atoms with E-state index in [0.717, 1.165) is 10.4 Å². The van der Waals surface area contributed by atoms with Crippen molar-refractivity contribution in [1.29, 1.82) is 0 Å². The summed E-state index contributed by atoms with van der Waals surface area (Å²) in [5, 5.41) is 1.92. The Labute approximate surface area is 109 Å². The first-order valence-electron chi connectivity index (χ1n) is 5.34. The quantitative estimate of drug-likeness (QED) is 0.820. The second kappa shape index (κ2) is 5.12. The maximum atomic E-state index is 12.2. The average molecular weight is 270 g/mol. The summed E-state index contributed by atoms with van der Waals surface area (Å²) in [4.78, 5) is 15.1. The van der Waals surface area contributed by atoms with Crippen LogP contribution in [0.5, 0.6) is 0 Å². The Morgan fingerprint density at radius 2 is 2.47 bits per heavy atom. The minimum Gasteiger partial charge on any atom is -0.391 e. The third-order valence-electron chi connectivity index (χ3n) is 2.73. The Bertz CT molecular complexity index is 444. The van der Waals surface area contributed by atoms with Gasteiger partial charge in [-0.25, -0.2) is 0 Å². The third kappa shape index (κ3) is 2.65. The summed E-state index contributed by atoms with van der Waals surface area (Å²) in [7, 11) is 0. The van der Waals surface area contributed by atoms with Crippen LogP contribution >= 0.6 is 23.6 Å². The zero-order valence-corrected chi connectivity index (χ0v) is 11.1. The van der Waals surface area contributed by atoms with Gasteiger partial charge in [0.15, 0.2) is 0 Å². The highest BCUT2D eigenvalue weighted by Gasteiger charge is 2.27. The molecule has 2 N–H and O–H groups in total. The number of nitrogens with two attached hydrogens (primary N) is 1. The van der Waals surface area contributed by atoms with Crippen LogP contribution in [0.15, 0.2) is 11.4 Å². The van der Waals surface area contributed by atoms with Gasteiger partial charge in [0.1, 0.15) is 11.1 Å². The van der Waals surface area contributed by atoms with Crippen LogP contribution in [0.3, 0.4) is 0 Å². The molecule has 1 fully saturated rings. The Morgan fingerprint density at radius 3 is 3.06 bits per heavy atom. The molecule has 0 saturated carbocycles. The first-order chi connectivity index (χ1) is 8.09. The van der Waals surface area contributed by atoms with Crippen molar-refractivity contribution in [2.45, 2.75) is 13.0 Å². The van der Waals surface area contributed by atoms with Gasteiger partial charge in [-0.05, 0) is 23.9 Å². The normalized spacial score (nSPS) is 20.3. The highest BCUT2D eigenvalue weighted by Crippen LogP contribution is 2.19. The summed E-state index contributed by atoms with van der Waals surface area (Å²) in [5.41, 5.74) is 6.56. The predicted molar refractivity (Wildman–Crippen MR) is 71.5 cm³/mol. The molecule has 1 atom stereocenters. The van der Waals surface area contributed by atoms with Crippen molar-refractivity contribution in [3.8, 4) is 0 Å². The molecule has 0 bridgehead atoms. The third-order valence-corrected chi connectivity index (χ3v) is 3.99. The van der Waals surface area contributed by atoms with Crippen LogP contribution in [-0.2, 0) is 4.74 Å². The second-order valence-electron chi connectivity index (χ2n) is 3.95. The fourth-order valence-corrected chi connectivity index (χ4v) is 2.78. The number of carbonyl (C=O) groups is 1. The predicted octanol–water partition coefficient (Wildman–Crippen LogP) is 1.18. The molecule has 4 nitrogen and oxygen atoms in total. The van der Waals surface area contributed by atoms with Crippen molar-refractivity contribution in [3.63, 3.8) is 0 Å². The van der Waals surface area contributed by atoms with Crippen LogP contribution < -0.4 is 5.73 Å². The molecule has 0 aliphatic carbocycles. The summed E-state index contributed by atoms with van der Waals surface area (Å²) < 4.78 is 5.41. The Hall–Kier alpha value is -0.980. The lowest BCUT2D eigenvalue weighted by molar-refractivity contribution is 0.00900. The average Bonchev–Trinajstić information content (AvgIpc) is 2.74. The van der Waals surface area contributed by atoms with Gasteiger partial charge in [-0.3, -0.25) is 4.79 Å². The number of rotatable bonds is 2. The summed E-state index contributed by atoms with van der Waals surface area (Å²) in [6, 6.07) is 1.95. The van der Waals surface area contributed by atoms with E-state index in [1.54, 1.807) is 4.90 Å². The maximum Gasteiger partial charge on any atom is 0.264 e. The van der Waals surface area contributed by atoms with Crippen molar-refractivity contribution in [3.05, 3.63) is 21.9 Å². The molecule has 1 aromatic rings. The number of morpholine rings is 1. The zero-order chi connectivity index (χ0) is 12.4. The van der Waals surface area contributed by atoms with Crippen LogP contribution in [0.2, 0.25) is 0 Å². The number of carbonyl (C=O) groups excluding carboxylic acids is 1. The van der Waals surface area contributed by atoms with Gasteiger partial charge in [0.2, 0.25) is 0 Å². The summed E-state index contributed by atoms with van der Waals surface area (Å²) in [5.74, 6) is 0.0436. The molecule has 1 aliphatic heterocycles. The second-order valence-corrected chi connectivity index (χ2v) is 5.33. The van der Waals surface area contributed by atoms with Gasteiger partial charge < -0.3 is 15.4 Å². The van der Waals surface area contributed by atoms with Crippen LogP contribution in [-0.4, -0.2) is 41.6 Å². The minimum atomic E-state index is -0.317. The molecule has 1 aromatic heterocycles. The molecule has 17 heavy (non-hydrogen) atoms. The van der Waals surface area contributed by atoms with Gasteiger partial charge in [0.25, 0.3) is 5.91 Å². The van der Waals surface area contributed by atoms with E-state index in [0.29, 0.717) is 24.7 Å². The number of thiocarbonyl (C=S) groups is 1. The van der Waals surface area contributed by atoms with Crippen molar-refractivity contribution < 1.29 is 9.53 Å². The fraction of sp³-hybridized carbons (Fsp3) is 0.455. The molecule has 0 aromatic carbocycles. The summed E-state index contributed by atoms with van der Waals surface area (Å²) in [6.45, 7) is 3.47. The molecular weight excluding hydrogens is 256 g/mol. The number of thiophene rings is 1. The number of nitrogens with zero attached hydrogens (tertiary/aromatic N) is 1. The molecule has 1 amide bonds. The SMILES string of the molecule is Cc1ccsc1C(=O)N1CCOC(C(N)=S)C1. The Morgan fingerprint density at radius 1 is 1.71 bits per heavy atom. The number of amides is 1. The standard InChI is InChI=1S/C11H14N2O2S2/c1-7-2-5-17-9(7)11(14)13-3-4-15-8(6-13)10(12)16/h2,5,8H,3-4,6H2,1H3,(H2,12,16). The summed E-state index contributed by atoms with van der Waals surface area (Å²) >= 11 is 6.36. The van der Waals surface area contributed by atoms with Crippen molar-refractivity contribution >= 4 is 34.5 Å². The van der Waals surface area contributed by atoms with E-state index < -0.39 is 0 Å². The van der Waals surface area contributed by atoms with E-state index >= 15 is 0 Å². The first kappa shape index (κ1) is 12.5. The molecule has 6 heteroatoms. The molecule has 92 valence electrons. The molecule has 1 unspecified atom stereocenters. The van der Waals surface area contributed by atoms with Gasteiger partial charge >= 0.3 is 0 Å². The highest BCUT2D eigenvalue weighted by atomic mass is 32.1. The van der Waals surface area contributed by atoms with E-state index in [1.807, 2.05) is 18.4 Å². The smallest absolute Gasteiger partial charge is 0.264 e. The molecular formula is C11H14N2O2S2. The van der Waals surface area contributed by atoms with Gasteiger partial charge in [0.05, 0.1) is 18.0 Å². The zero-order valence-electron chi connectivity index (χ0n) is 9.51. The van der Waals surface area contributed by atoms with Crippen LogP contribution in [0, 0.1) is 6.92 Å². The Balaban J connectivity index is 2.10. The lowest BCUT2D eigenvalue weighted by Gasteiger charge is -2.32. The topological polar surface area (TPSA) is 55.6 Å². The van der Waals surface area contributed by atoms with Crippen molar-refractivity contribution in [2.24, 2.45) is 5.73 Å².